The Balaban J connectivity index is 3.93. The van der Waals surface area contributed by atoms with Crippen LogP contribution < -0.4 is 5.73 Å². The van der Waals surface area contributed by atoms with Crippen LogP contribution in [0.3, 0.4) is 0 Å². The van der Waals surface area contributed by atoms with Crippen molar-refractivity contribution in [2.24, 2.45) is 5.73 Å². The molecule has 0 aromatic rings. The number of nitriles is 1. The molecule has 9 heteroatoms. The van der Waals surface area contributed by atoms with Crippen molar-refractivity contribution in [3.05, 3.63) is 0 Å². The number of nitrogens with two attached hydrogens (primary N) is 1. The zero-order valence-electron chi connectivity index (χ0n) is 16.7. The Kier molecular flexibility index (Phi) is 17.8. The van der Waals surface area contributed by atoms with Crippen LogP contribution in [0, 0.1) is 11.3 Å². The SMILES string of the molecule is CC(C)N(C(C)C)P(OCCC#N)OCCOCCOCCOCCN. The van der Waals surface area contributed by atoms with Gasteiger partial charge in [-0.1, -0.05) is 0 Å². The molecule has 154 valence electrons. The van der Waals surface area contributed by atoms with Gasteiger partial charge in [0, 0.05) is 18.6 Å². The maximum atomic E-state index is 8.69. The van der Waals surface area contributed by atoms with Crippen molar-refractivity contribution in [2.75, 3.05) is 59.4 Å². The molecule has 0 aliphatic rings. The monoisotopic (exact) mass is 393 g/mol. The lowest BCUT2D eigenvalue weighted by Gasteiger charge is -2.35. The molecular formula is C17H36N3O5P. The maximum absolute atomic E-state index is 8.69. The summed E-state index contributed by atoms with van der Waals surface area (Å²) in [7, 11) is -1.21. The Morgan fingerprint density at radius 2 is 1.27 bits per heavy atom. The molecule has 0 radical (unpaired) electrons. The van der Waals surface area contributed by atoms with Crippen LogP contribution in [0.5, 0.6) is 0 Å². The van der Waals surface area contributed by atoms with Crippen molar-refractivity contribution >= 4 is 8.53 Å². The van der Waals surface area contributed by atoms with E-state index in [0.717, 1.165) is 0 Å². The minimum atomic E-state index is -1.21. The van der Waals surface area contributed by atoms with Gasteiger partial charge in [-0.2, -0.15) is 5.26 Å². The molecule has 2 N–H and O–H groups in total. The van der Waals surface area contributed by atoms with Crippen LogP contribution in [-0.4, -0.2) is 76.2 Å². The lowest BCUT2D eigenvalue weighted by Crippen LogP contribution is -2.34. The molecule has 0 saturated carbocycles. The molecule has 0 fully saturated rings. The first-order valence-corrected chi connectivity index (χ1v) is 10.3. The van der Waals surface area contributed by atoms with Crippen molar-refractivity contribution in [1.82, 2.24) is 4.67 Å². The lowest BCUT2D eigenvalue weighted by atomic mass is 10.3. The first-order chi connectivity index (χ1) is 12.5. The van der Waals surface area contributed by atoms with Crippen LogP contribution in [0.15, 0.2) is 0 Å². The first kappa shape index (κ1) is 25.6. The fourth-order valence-electron chi connectivity index (χ4n) is 2.11. The van der Waals surface area contributed by atoms with E-state index in [-0.39, 0.29) is 0 Å². The highest BCUT2D eigenvalue weighted by molar-refractivity contribution is 7.44. The number of hydrogen-bond donors (Lipinski definition) is 1. The zero-order chi connectivity index (χ0) is 19.6. The van der Waals surface area contributed by atoms with Gasteiger partial charge in [-0.15, -0.1) is 0 Å². The van der Waals surface area contributed by atoms with Gasteiger partial charge in [0.15, 0.2) is 0 Å². The zero-order valence-corrected chi connectivity index (χ0v) is 17.6. The van der Waals surface area contributed by atoms with E-state index < -0.39 is 8.53 Å². The van der Waals surface area contributed by atoms with Crippen LogP contribution in [0.2, 0.25) is 0 Å². The van der Waals surface area contributed by atoms with E-state index in [0.29, 0.717) is 77.9 Å². The Bertz CT molecular complexity index is 348. The summed E-state index contributed by atoms with van der Waals surface area (Å²) in [5.74, 6) is 0. The second-order valence-electron chi connectivity index (χ2n) is 6.01. The molecule has 0 aliphatic carbocycles. The van der Waals surface area contributed by atoms with E-state index in [9.17, 15) is 0 Å². The van der Waals surface area contributed by atoms with Crippen LogP contribution in [-0.2, 0) is 23.3 Å². The van der Waals surface area contributed by atoms with Crippen molar-refractivity contribution in [2.45, 2.75) is 46.2 Å². The fraction of sp³-hybridized carbons (Fsp3) is 0.941. The topological polar surface area (TPSA) is 99.2 Å². The minimum Gasteiger partial charge on any atom is -0.378 e. The van der Waals surface area contributed by atoms with Gasteiger partial charge in [0.2, 0.25) is 0 Å². The molecule has 1 unspecified atom stereocenters. The average Bonchev–Trinajstić information content (AvgIpc) is 2.58. The Morgan fingerprint density at radius 3 is 1.73 bits per heavy atom. The highest BCUT2D eigenvalue weighted by atomic mass is 31.2. The molecule has 0 aromatic carbocycles. The van der Waals surface area contributed by atoms with Crippen molar-refractivity contribution < 1.29 is 23.3 Å². The van der Waals surface area contributed by atoms with E-state index in [4.69, 9.17) is 34.3 Å². The van der Waals surface area contributed by atoms with Crippen molar-refractivity contribution in [3.63, 3.8) is 0 Å². The average molecular weight is 393 g/mol. The largest absolute Gasteiger partial charge is 0.378 e. The van der Waals surface area contributed by atoms with Gasteiger partial charge in [-0.05, 0) is 27.7 Å². The maximum Gasteiger partial charge on any atom is 0.259 e. The molecule has 0 rings (SSSR count). The molecule has 0 amide bonds. The second kappa shape index (κ2) is 18.0. The summed E-state index contributed by atoms with van der Waals surface area (Å²) in [4.78, 5) is 0. The van der Waals surface area contributed by atoms with Gasteiger partial charge in [0.1, 0.15) is 0 Å². The highest BCUT2D eigenvalue weighted by Crippen LogP contribution is 2.45. The molecular weight excluding hydrogens is 357 g/mol. The molecule has 0 saturated heterocycles. The first-order valence-electron chi connectivity index (χ1n) is 9.19. The third kappa shape index (κ3) is 13.8. The van der Waals surface area contributed by atoms with E-state index in [2.05, 4.69) is 38.4 Å². The summed E-state index contributed by atoms with van der Waals surface area (Å²) in [6, 6.07) is 2.67. The minimum absolute atomic E-state index is 0.291. The fourth-order valence-corrected chi connectivity index (χ4v) is 3.69. The normalized spacial score (nSPS) is 12.9. The van der Waals surface area contributed by atoms with E-state index >= 15 is 0 Å². The number of hydrogen-bond acceptors (Lipinski definition) is 8. The summed E-state index contributed by atoms with van der Waals surface area (Å²) >= 11 is 0. The van der Waals surface area contributed by atoms with E-state index in [1.54, 1.807) is 0 Å². The third-order valence-corrected chi connectivity index (χ3v) is 5.21. The standard InChI is InChI=1S/C17H36N3O5P/c1-16(2)20(17(3)4)26(24-8-5-6-18)25-15-14-23-13-12-22-11-10-21-9-7-19/h16-17H,5,7-15,19H2,1-4H3. The Labute approximate surface area is 159 Å². The van der Waals surface area contributed by atoms with Gasteiger partial charge in [0.25, 0.3) is 8.53 Å². The lowest BCUT2D eigenvalue weighted by molar-refractivity contribution is 0.00937. The van der Waals surface area contributed by atoms with Gasteiger partial charge in [0.05, 0.1) is 65.3 Å². The van der Waals surface area contributed by atoms with Gasteiger partial charge in [-0.3, -0.25) is 0 Å². The molecule has 0 aliphatic heterocycles. The summed E-state index contributed by atoms with van der Waals surface area (Å²) in [5.41, 5.74) is 5.32. The molecule has 1 atom stereocenters. The summed E-state index contributed by atoms with van der Waals surface area (Å²) in [6.45, 7) is 12.9. The van der Waals surface area contributed by atoms with Crippen LogP contribution >= 0.6 is 8.53 Å². The van der Waals surface area contributed by atoms with Crippen molar-refractivity contribution in [3.8, 4) is 6.07 Å². The summed E-state index contributed by atoms with van der Waals surface area (Å²) in [6.07, 6.45) is 0.356. The summed E-state index contributed by atoms with van der Waals surface area (Å²) < 4.78 is 30.0. The Morgan fingerprint density at radius 1 is 0.808 bits per heavy atom. The van der Waals surface area contributed by atoms with Crippen LogP contribution in [0.25, 0.3) is 0 Å². The van der Waals surface area contributed by atoms with Gasteiger partial charge < -0.3 is 29.0 Å². The van der Waals surface area contributed by atoms with E-state index in [1.165, 1.54) is 0 Å². The number of nitrogens with zero attached hydrogens (tertiary/aromatic N) is 2. The smallest absolute Gasteiger partial charge is 0.259 e. The molecule has 0 spiro atoms. The predicted octanol–water partition coefficient (Wildman–Crippen LogP) is 2.29. The second-order valence-corrected chi connectivity index (χ2v) is 7.46. The number of ether oxygens (including phenoxy) is 3. The molecule has 0 heterocycles. The molecule has 8 nitrogen and oxygen atoms in total. The van der Waals surface area contributed by atoms with E-state index in [1.807, 2.05) is 0 Å². The van der Waals surface area contributed by atoms with Gasteiger partial charge >= 0.3 is 0 Å². The summed E-state index contributed by atoms with van der Waals surface area (Å²) in [5, 5.41) is 8.69. The highest BCUT2D eigenvalue weighted by Gasteiger charge is 2.26. The predicted molar refractivity (Wildman–Crippen MR) is 103 cm³/mol. The quantitative estimate of drug-likeness (QED) is 0.280. The Hall–Kier alpha value is -0.360. The molecule has 0 aromatic heterocycles. The molecule has 0 bridgehead atoms. The number of rotatable bonds is 18. The molecule has 26 heavy (non-hydrogen) atoms. The van der Waals surface area contributed by atoms with Gasteiger partial charge in [-0.25, -0.2) is 4.67 Å². The third-order valence-electron chi connectivity index (χ3n) is 3.10. The van der Waals surface area contributed by atoms with Crippen molar-refractivity contribution in [1.29, 1.82) is 5.26 Å². The van der Waals surface area contributed by atoms with Crippen LogP contribution in [0.1, 0.15) is 34.1 Å². The van der Waals surface area contributed by atoms with Crippen LogP contribution in [0.4, 0.5) is 0 Å².